The van der Waals surface area contributed by atoms with Crippen LogP contribution >= 0.6 is 24.8 Å². The highest BCUT2D eigenvalue weighted by Gasteiger charge is 2.39. The van der Waals surface area contributed by atoms with Gasteiger partial charge in [0.25, 0.3) is 0 Å². The van der Waals surface area contributed by atoms with Crippen molar-refractivity contribution >= 4 is 24.8 Å². The van der Waals surface area contributed by atoms with Gasteiger partial charge in [-0.25, -0.2) is 0 Å². The maximum absolute atomic E-state index is 13.5. The topological polar surface area (TPSA) is 15.3 Å². The second-order valence-corrected chi connectivity index (χ2v) is 6.60. The monoisotopic (exact) mass is 454 g/mol. The van der Waals surface area contributed by atoms with Crippen molar-refractivity contribution in [3.8, 4) is 0 Å². The Morgan fingerprint density at radius 2 is 1.57 bits per heavy atom. The van der Waals surface area contributed by atoms with Crippen LogP contribution < -0.4 is 5.32 Å². The van der Waals surface area contributed by atoms with Crippen molar-refractivity contribution in [2.24, 2.45) is 0 Å². The van der Waals surface area contributed by atoms with Crippen LogP contribution in [0.3, 0.4) is 0 Å². The van der Waals surface area contributed by atoms with Crippen molar-refractivity contribution < 1.29 is 26.3 Å². The third-order valence-corrected chi connectivity index (χ3v) is 4.72. The summed E-state index contributed by atoms with van der Waals surface area (Å²) in [7, 11) is 0. The molecule has 2 rings (SSSR count). The van der Waals surface area contributed by atoms with Crippen LogP contribution in [0.25, 0.3) is 0 Å². The van der Waals surface area contributed by atoms with Crippen LogP contribution in [0.5, 0.6) is 0 Å². The Balaban J connectivity index is 0.00000364. The molecule has 1 heterocycles. The van der Waals surface area contributed by atoms with Crippen molar-refractivity contribution in [2.75, 3.05) is 26.2 Å². The molecule has 10 heteroatoms. The molecule has 28 heavy (non-hydrogen) atoms. The Labute approximate surface area is 173 Å². The zero-order chi connectivity index (χ0) is 19.4. The molecule has 0 bridgehead atoms. The lowest BCUT2D eigenvalue weighted by Crippen LogP contribution is -2.45. The van der Waals surface area contributed by atoms with Gasteiger partial charge in [-0.1, -0.05) is 26.2 Å². The molecule has 0 aromatic heterocycles. The smallest absolute Gasteiger partial charge is 0.314 e. The average molecular weight is 455 g/mol. The number of hydrogen-bond acceptors (Lipinski definition) is 2. The number of halogens is 8. The van der Waals surface area contributed by atoms with E-state index in [-0.39, 0.29) is 30.4 Å². The molecule has 1 atom stereocenters. The van der Waals surface area contributed by atoms with Crippen LogP contribution in [0.15, 0.2) is 18.2 Å². The molecule has 1 aliphatic rings. The van der Waals surface area contributed by atoms with Gasteiger partial charge in [-0.05, 0) is 30.2 Å². The summed E-state index contributed by atoms with van der Waals surface area (Å²) < 4.78 is 79.8. The first kappa shape index (κ1) is 27.3. The Morgan fingerprint density at radius 3 is 2.07 bits per heavy atom. The van der Waals surface area contributed by atoms with E-state index in [1.54, 1.807) is 0 Å². The Hall–Kier alpha value is -0.700. The van der Waals surface area contributed by atoms with Crippen molar-refractivity contribution in [3.63, 3.8) is 0 Å². The van der Waals surface area contributed by atoms with Gasteiger partial charge in [-0.3, -0.25) is 4.90 Å². The van der Waals surface area contributed by atoms with E-state index in [9.17, 15) is 26.3 Å². The van der Waals surface area contributed by atoms with Gasteiger partial charge in [0.15, 0.2) is 0 Å². The van der Waals surface area contributed by atoms with E-state index in [0.717, 1.165) is 12.8 Å². The standard InChI is InChI=1S/C18H24F6N2.2ClH/c1-2-3-4-5-16(26-10-8-25-9-11-26)14-12-13(17(19,20)21)6-7-15(14)18(22,23)24;;/h6-7,12,16,25H,2-5,8-11H2,1H3;2*1H/t16-;;/m1../s1. The molecule has 0 saturated carbocycles. The van der Waals surface area contributed by atoms with Gasteiger partial charge in [0.2, 0.25) is 0 Å². The highest BCUT2D eigenvalue weighted by molar-refractivity contribution is 5.85. The van der Waals surface area contributed by atoms with Crippen molar-refractivity contribution in [1.29, 1.82) is 0 Å². The van der Waals surface area contributed by atoms with Crippen LogP contribution in [0.1, 0.15) is 55.3 Å². The lowest BCUT2D eigenvalue weighted by atomic mass is 9.92. The largest absolute Gasteiger partial charge is 0.416 e. The predicted molar refractivity (Wildman–Crippen MR) is 102 cm³/mol. The van der Waals surface area contributed by atoms with Crippen molar-refractivity contribution in [3.05, 3.63) is 34.9 Å². The zero-order valence-electron chi connectivity index (χ0n) is 15.5. The third kappa shape index (κ3) is 7.28. The van der Waals surface area contributed by atoms with Crippen LogP contribution in [0.4, 0.5) is 26.3 Å². The van der Waals surface area contributed by atoms with Crippen LogP contribution in [0, 0.1) is 0 Å². The molecule has 1 aliphatic heterocycles. The maximum atomic E-state index is 13.5. The first-order chi connectivity index (χ1) is 12.1. The second kappa shape index (κ2) is 11.5. The summed E-state index contributed by atoms with van der Waals surface area (Å²) >= 11 is 0. The summed E-state index contributed by atoms with van der Waals surface area (Å²) in [5, 5.41) is 3.12. The van der Waals surface area contributed by atoms with E-state index in [2.05, 4.69) is 5.32 Å². The molecule has 2 nitrogen and oxygen atoms in total. The molecule has 0 unspecified atom stereocenters. The Bertz CT molecular complexity index is 586. The minimum Gasteiger partial charge on any atom is -0.314 e. The number of piperazine rings is 1. The number of nitrogens with one attached hydrogen (secondary N) is 1. The summed E-state index contributed by atoms with van der Waals surface area (Å²) in [6, 6.07) is 1.13. The summed E-state index contributed by atoms with van der Waals surface area (Å²) in [5.41, 5.74) is -2.26. The molecule has 1 N–H and O–H groups in total. The lowest BCUT2D eigenvalue weighted by Gasteiger charge is -2.36. The number of hydrogen-bond donors (Lipinski definition) is 1. The van der Waals surface area contributed by atoms with Crippen LogP contribution in [-0.2, 0) is 12.4 Å². The summed E-state index contributed by atoms with van der Waals surface area (Å²) in [6.45, 7) is 4.25. The molecule has 164 valence electrons. The molecule has 0 aliphatic carbocycles. The molecule has 1 aromatic rings. The highest BCUT2D eigenvalue weighted by Crippen LogP contribution is 2.41. The van der Waals surface area contributed by atoms with E-state index >= 15 is 0 Å². The second-order valence-electron chi connectivity index (χ2n) is 6.60. The van der Waals surface area contributed by atoms with Crippen LogP contribution in [0.2, 0.25) is 0 Å². The predicted octanol–water partition coefficient (Wildman–Crippen LogP) is 6.09. The minimum atomic E-state index is -4.68. The molecule has 0 radical (unpaired) electrons. The van der Waals surface area contributed by atoms with E-state index in [0.29, 0.717) is 57.2 Å². The quantitative estimate of drug-likeness (QED) is 0.412. The lowest BCUT2D eigenvalue weighted by molar-refractivity contribution is -0.142. The fraction of sp³-hybridized carbons (Fsp3) is 0.667. The van der Waals surface area contributed by atoms with Crippen molar-refractivity contribution in [1.82, 2.24) is 10.2 Å². The number of benzene rings is 1. The number of nitrogens with zero attached hydrogens (tertiary/aromatic N) is 1. The minimum absolute atomic E-state index is 0. The first-order valence-electron chi connectivity index (χ1n) is 8.87. The molecular weight excluding hydrogens is 429 g/mol. The first-order valence-corrected chi connectivity index (χ1v) is 8.87. The van der Waals surface area contributed by atoms with E-state index in [4.69, 9.17) is 0 Å². The van der Waals surface area contributed by atoms with Gasteiger partial charge in [-0.2, -0.15) is 26.3 Å². The van der Waals surface area contributed by atoms with Crippen molar-refractivity contribution in [2.45, 2.75) is 51.0 Å². The van der Waals surface area contributed by atoms with Gasteiger partial charge in [0.1, 0.15) is 0 Å². The SMILES string of the molecule is CCCCC[C@H](c1cc(C(F)(F)F)ccc1C(F)(F)F)N1CCNCC1.Cl.Cl. The molecular formula is C18H26Cl2F6N2. The van der Waals surface area contributed by atoms with Gasteiger partial charge in [0.05, 0.1) is 11.1 Å². The molecule has 1 saturated heterocycles. The Kier molecular flexibility index (Phi) is 11.2. The Morgan fingerprint density at radius 1 is 0.964 bits per heavy atom. The maximum Gasteiger partial charge on any atom is 0.416 e. The number of alkyl halides is 6. The molecule has 0 amide bonds. The summed E-state index contributed by atoms with van der Waals surface area (Å²) in [6.07, 6.45) is -6.53. The average Bonchev–Trinajstić information content (AvgIpc) is 2.57. The van der Waals surface area contributed by atoms with E-state index in [1.165, 1.54) is 0 Å². The van der Waals surface area contributed by atoms with Crippen LogP contribution in [-0.4, -0.2) is 31.1 Å². The molecule has 0 spiro atoms. The molecule has 1 aromatic carbocycles. The highest BCUT2D eigenvalue weighted by atomic mass is 35.5. The third-order valence-electron chi connectivity index (χ3n) is 4.72. The fourth-order valence-electron chi connectivity index (χ4n) is 3.39. The summed E-state index contributed by atoms with van der Waals surface area (Å²) in [5.74, 6) is 0. The van der Waals surface area contributed by atoms with E-state index < -0.39 is 29.5 Å². The van der Waals surface area contributed by atoms with Gasteiger partial charge >= 0.3 is 12.4 Å². The number of rotatable bonds is 6. The summed E-state index contributed by atoms with van der Waals surface area (Å²) in [4.78, 5) is 1.87. The zero-order valence-corrected chi connectivity index (χ0v) is 17.1. The van der Waals surface area contributed by atoms with E-state index in [1.807, 2.05) is 11.8 Å². The molecule has 1 fully saturated rings. The number of unbranched alkanes of at least 4 members (excludes halogenated alkanes) is 2. The van der Waals surface area contributed by atoms with Gasteiger partial charge in [0, 0.05) is 32.2 Å². The normalized spacial score (nSPS) is 16.8. The van der Waals surface area contributed by atoms with Gasteiger partial charge in [-0.15, -0.1) is 24.8 Å². The van der Waals surface area contributed by atoms with Gasteiger partial charge < -0.3 is 5.32 Å². The fourth-order valence-corrected chi connectivity index (χ4v) is 3.39.